The van der Waals surface area contributed by atoms with Crippen LogP contribution in [0.1, 0.15) is 44.9 Å². The minimum absolute atomic E-state index is 0.353. The topological polar surface area (TPSA) is 32.8 Å². The van der Waals surface area contributed by atoms with E-state index in [9.17, 15) is 4.79 Å². The third kappa shape index (κ3) is 4.43. The number of hydrogen-bond acceptors (Lipinski definition) is 3. The van der Waals surface area contributed by atoms with E-state index in [-0.39, 0.29) is 0 Å². The van der Waals surface area contributed by atoms with Crippen molar-refractivity contribution in [2.24, 2.45) is 5.92 Å². The number of piperazine rings is 1. The first-order valence-corrected chi connectivity index (χ1v) is 9.43. The molecule has 1 aromatic rings. The van der Waals surface area contributed by atoms with Crippen LogP contribution in [0, 0.1) is 5.92 Å². The summed E-state index contributed by atoms with van der Waals surface area (Å²) in [4.78, 5) is 16.9. The van der Waals surface area contributed by atoms with Crippen molar-refractivity contribution < 1.29 is 9.53 Å². The number of methoxy groups -OCH3 is 1. The number of nitrogens with zero attached hydrogens (tertiary/aromatic N) is 2. The Kier molecular flexibility index (Phi) is 6.00. The molecule has 0 bridgehead atoms. The summed E-state index contributed by atoms with van der Waals surface area (Å²) in [6.45, 7) is 3.48. The van der Waals surface area contributed by atoms with Gasteiger partial charge in [-0.05, 0) is 24.5 Å². The minimum atomic E-state index is 0.353. The van der Waals surface area contributed by atoms with Gasteiger partial charge in [0.15, 0.2) is 0 Å². The third-order valence-corrected chi connectivity index (χ3v) is 5.54. The average Bonchev–Trinajstić information content (AvgIpc) is 2.67. The van der Waals surface area contributed by atoms with Crippen molar-refractivity contribution in [3.63, 3.8) is 0 Å². The van der Waals surface area contributed by atoms with Crippen molar-refractivity contribution in [2.75, 3.05) is 38.2 Å². The molecule has 0 aromatic heterocycles. The molecule has 1 saturated heterocycles. The van der Waals surface area contributed by atoms with Crippen LogP contribution in [0.3, 0.4) is 0 Å². The second kappa shape index (κ2) is 8.41. The largest absolute Gasteiger partial charge is 0.497 e. The van der Waals surface area contributed by atoms with Gasteiger partial charge in [0.1, 0.15) is 5.75 Å². The van der Waals surface area contributed by atoms with Crippen LogP contribution in [0.5, 0.6) is 5.75 Å². The lowest BCUT2D eigenvalue weighted by molar-refractivity contribution is -0.131. The zero-order valence-corrected chi connectivity index (χ0v) is 14.9. The number of carbonyl (C=O) groups excluding carboxylic acids is 1. The highest BCUT2D eigenvalue weighted by Crippen LogP contribution is 2.28. The summed E-state index contributed by atoms with van der Waals surface area (Å²) >= 11 is 0. The van der Waals surface area contributed by atoms with Gasteiger partial charge in [-0.3, -0.25) is 4.79 Å². The molecule has 1 saturated carbocycles. The van der Waals surface area contributed by atoms with Gasteiger partial charge in [0.2, 0.25) is 5.91 Å². The van der Waals surface area contributed by atoms with E-state index in [0.29, 0.717) is 5.91 Å². The predicted molar refractivity (Wildman–Crippen MR) is 97.6 cm³/mol. The number of benzene rings is 1. The molecule has 3 rings (SSSR count). The summed E-state index contributed by atoms with van der Waals surface area (Å²) in [5.74, 6) is 2.03. The van der Waals surface area contributed by atoms with E-state index in [1.807, 2.05) is 12.1 Å². The molecule has 1 amide bonds. The van der Waals surface area contributed by atoms with Gasteiger partial charge in [0.05, 0.1) is 7.11 Å². The van der Waals surface area contributed by atoms with Crippen molar-refractivity contribution in [2.45, 2.75) is 44.9 Å². The zero-order chi connectivity index (χ0) is 16.8. The Labute approximate surface area is 145 Å². The first-order chi connectivity index (χ1) is 11.8. The van der Waals surface area contributed by atoms with Gasteiger partial charge in [-0.25, -0.2) is 0 Å². The van der Waals surface area contributed by atoms with E-state index in [2.05, 4.69) is 21.9 Å². The Hall–Kier alpha value is -1.71. The molecule has 0 unspecified atom stereocenters. The lowest BCUT2D eigenvalue weighted by Crippen LogP contribution is -2.48. The average molecular weight is 330 g/mol. The fourth-order valence-corrected chi connectivity index (χ4v) is 3.98. The Morgan fingerprint density at radius 2 is 1.88 bits per heavy atom. The second-order valence-corrected chi connectivity index (χ2v) is 7.11. The summed E-state index contributed by atoms with van der Waals surface area (Å²) < 4.78 is 5.30. The summed E-state index contributed by atoms with van der Waals surface area (Å²) in [7, 11) is 1.70. The maximum atomic E-state index is 12.5. The van der Waals surface area contributed by atoms with Crippen LogP contribution >= 0.6 is 0 Å². The minimum Gasteiger partial charge on any atom is -0.497 e. The van der Waals surface area contributed by atoms with Gasteiger partial charge in [-0.2, -0.15) is 0 Å². The molecule has 1 aliphatic heterocycles. The van der Waals surface area contributed by atoms with Gasteiger partial charge < -0.3 is 14.5 Å². The van der Waals surface area contributed by atoms with E-state index >= 15 is 0 Å². The summed E-state index contributed by atoms with van der Waals surface area (Å²) in [5.41, 5.74) is 1.18. The molecule has 0 radical (unpaired) electrons. The number of ether oxygens (including phenoxy) is 1. The Bertz CT molecular complexity index is 532. The number of amides is 1. The molecule has 4 heteroatoms. The van der Waals surface area contributed by atoms with E-state index < -0.39 is 0 Å². The molecule has 1 aliphatic carbocycles. The van der Waals surface area contributed by atoms with Crippen LogP contribution in [0.25, 0.3) is 0 Å². The van der Waals surface area contributed by atoms with E-state index in [0.717, 1.165) is 50.7 Å². The number of hydrogen-bond donors (Lipinski definition) is 0. The molecule has 0 atom stereocenters. The molecule has 2 aliphatic rings. The maximum absolute atomic E-state index is 12.5. The van der Waals surface area contributed by atoms with Gasteiger partial charge >= 0.3 is 0 Å². The fourth-order valence-electron chi connectivity index (χ4n) is 3.98. The van der Waals surface area contributed by atoms with Crippen LogP contribution in [-0.2, 0) is 4.79 Å². The summed E-state index contributed by atoms with van der Waals surface area (Å²) in [6, 6.07) is 8.17. The van der Waals surface area contributed by atoms with Crippen LogP contribution in [0.2, 0.25) is 0 Å². The monoisotopic (exact) mass is 330 g/mol. The van der Waals surface area contributed by atoms with Gasteiger partial charge in [-0.15, -0.1) is 0 Å². The van der Waals surface area contributed by atoms with Crippen molar-refractivity contribution in [1.29, 1.82) is 0 Å². The van der Waals surface area contributed by atoms with Crippen molar-refractivity contribution in [1.82, 2.24) is 4.90 Å². The van der Waals surface area contributed by atoms with Gasteiger partial charge in [-0.1, -0.05) is 38.2 Å². The highest BCUT2D eigenvalue weighted by molar-refractivity contribution is 5.76. The molecular weight excluding hydrogens is 300 g/mol. The standard InChI is InChI=1S/C20H30N2O2/c1-24-19-9-5-8-18(16-19)21-12-14-22(15-13-21)20(23)11-10-17-6-3-2-4-7-17/h5,8-9,16-17H,2-4,6-7,10-15H2,1H3. The summed E-state index contributed by atoms with van der Waals surface area (Å²) in [5, 5.41) is 0. The molecule has 1 aromatic carbocycles. The zero-order valence-electron chi connectivity index (χ0n) is 14.9. The van der Waals surface area contributed by atoms with Gasteiger partial charge in [0.25, 0.3) is 0 Å². The van der Waals surface area contributed by atoms with Crippen molar-refractivity contribution in [3.8, 4) is 5.75 Å². The highest BCUT2D eigenvalue weighted by Gasteiger charge is 2.22. The van der Waals surface area contributed by atoms with Gasteiger partial charge in [0, 0.05) is 44.4 Å². The Morgan fingerprint density at radius 1 is 1.12 bits per heavy atom. The number of rotatable bonds is 5. The Morgan fingerprint density at radius 3 is 2.58 bits per heavy atom. The quantitative estimate of drug-likeness (QED) is 0.825. The summed E-state index contributed by atoms with van der Waals surface area (Å²) in [6.07, 6.45) is 8.60. The molecule has 24 heavy (non-hydrogen) atoms. The molecule has 2 fully saturated rings. The lowest BCUT2D eigenvalue weighted by Gasteiger charge is -2.36. The van der Waals surface area contributed by atoms with Crippen molar-refractivity contribution in [3.05, 3.63) is 24.3 Å². The first kappa shape index (κ1) is 17.1. The molecule has 132 valence electrons. The van der Waals surface area contributed by atoms with Crippen molar-refractivity contribution >= 4 is 11.6 Å². The van der Waals surface area contributed by atoms with Crippen LogP contribution in [-0.4, -0.2) is 44.1 Å². The van der Waals surface area contributed by atoms with Crippen LogP contribution in [0.4, 0.5) is 5.69 Å². The van der Waals surface area contributed by atoms with Crippen LogP contribution < -0.4 is 9.64 Å². The molecular formula is C20H30N2O2. The van der Waals surface area contributed by atoms with E-state index in [1.54, 1.807) is 7.11 Å². The number of anilines is 1. The predicted octanol–water partition coefficient (Wildman–Crippen LogP) is 3.70. The number of carbonyl (C=O) groups is 1. The normalized spacial score (nSPS) is 19.4. The molecule has 0 N–H and O–H groups in total. The molecule has 1 heterocycles. The van der Waals surface area contributed by atoms with E-state index in [4.69, 9.17) is 4.74 Å². The fraction of sp³-hybridized carbons (Fsp3) is 0.650. The SMILES string of the molecule is COc1cccc(N2CCN(C(=O)CCC3CCCCC3)CC2)c1. The van der Waals surface area contributed by atoms with Crippen LogP contribution in [0.15, 0.2) is 24.3 Å². The second-order valence-electron chi connectivity index (χ2n) is 7.11. The molecule has 0 spiro atoms. The third-order valence-electron chi connectivity index (χ3n) is 5.54. The maximum Gasteiger partial charge on any atom is 0.222 e. The molecule has 4 nitrogen and oxygen atoms in total. The smallest absolute Gasteiger partial charge is 0.222 e. The lowest BCUT2D eigenvalue weighted by atomic mass is 9.86. The first-order valence-electron chi connectivity index (χ1n) is 9.43. The Balaban J connectivity index is 1.44. The van der Waals surface area contributed by atoms with E-state index in [1.165, 1.54) is 37.8 Å². The highest BCUT2D eigenvalue weighted by atomic mass is 16.5.